The standard InChI is InChI=1S/C13H23N/c1-11-7-3-4-8-12(11)13(14)9-5-2-6-10-13/h12H,1-10,14H2. The molecular formula is C13H23N. The van der Waals surface area contributed by atoms with Crippen LogP contribution in [0.4, 0.5) is 0 Å². The maximum Gasteiger partial charge on any atom is 0.0220 e. The van der Waals surface area contributed by atoms with E-state index in [0.717, 1.165) is 0 Å². The number of hydrogen-bond acceptors (Lipinski definition) is 1. The van der Waals surface area contributed by atoms with Crippen LogP contribution in [0.1, 0.15) is 57.8 Å². The van der Waals surface area contributed by atoms with Crippen molar-refractivity contribution in [3.05, 3.63) is 12.2 Å². The quantitative estimate of drug-likeness (QED) is 0.635. The molecule has 0 heterocycles. The van der Waals surface area contributed by atoms with Gasteiger partial charge >= 0.3 is 0 Å². The molecule has 0 aromatic rings. The van der Waals surface area contributed by atoms with Gasteiger partial charge in [-0.25, -0.2) is 0 Å². The second-order valence-corrected chi connectivity index (χ2v) is 5.25. The average molecular weight is 193 g/mol. The summed E-state index contributed by atoms with van der Waals surface area (Å²) >= 11 is 0. The minimum atomic E-state index is 0.121. The van der Waals surface area contributed by atoms with Crippen LogP contribution in [0.5, 0.6) is 0 Å². The Balaban J connectivity index is 2.06. The van der Waals surface area contributed by atoms with E-state index in [1.54, 1.807) is 0 Å². The summed E-state index contributed by atoms with van der Waals surface area (Å²) in [6.45, 7) is 4.24. The van der Waals surface area contributed by atoms with Gasteiger partial charge in [0.1, 0.15) is 0 Å². The molecule has 0 saturated heterocycles. The van der Waals surface area contributed by atoms with E-state index < -0.39 is 0 Å². The molecule has 0 radical (unpaired) electrons. The van der Waals surface area contributed by atoms with Gasteiger partial charge in [-0.1, -0.05) is 37.8 Å². The molecule has 0 aromatic heterocycles. The lowest BCUT2D eigenvalue weighted by Crippen LogP contribution is -2.49. The predicted molar refractivity (Wildman–Crippen MR) is 61.1 cm³/mol. The lowest BCUT2D eigenvalue weighted by Gasteiger charge is -2.43. The summed E-state index contributed by atoms with van der Waals surface area (Å²) < 4.78 is 0. The first-order valence-corrected chi connectivity index (χ1v) is 6.19. The first-order chi connectivity index (χ1) is 6.72. The molecule has 14 heavy (non-hydrogen) atoms. The van der Waals surface area contributed by atoms with E-state index in [1.165, 1.54) is 63.4 Å². The van der Waals surface area contributed by atoms with Crippen molar-refractivity contribution >= 4 is 0 Å². The molecule has 0 amide bonds. The van der Waals surface area contributed by atoms with E-state index in [-0.39, 0.29) is 5.54 Å². The summed E-state index contributed by atoms with van der Waals surface area (Å²) in [6.07, 6.45) is 11.7. The highest BCUT2D eigenvalue weighted by molar-refractivity contribution is 5.13. The average Bonchev–Trinajstić information content (AvgIpc) is 2.19. The molecule has 2 rings (SSSR count). The van der Waals surface area contributed by atoms with E-state index >= 15 is 0 Å². The Labute approximate surface area is 87.8 Å². The monoisotopic (exact) mass is 193 g/mol. The summed E-state index contributed by atoms with van der Waals surface area (Å²) in [7, 11) is 0. The van der Waals surface area contributed by atoms with Crippen LogP contribution in [-0.2, 0) is 0 Å². The highest BCUT2D eigenvalue weighted by atomic mass is 14.8. The van der Waals surface area contributed by atoms with Crippen LogP contribution >= 0.6 is 0 Å². The Bertz CT molecular complexity index is 213. The fourth-order valence-electron chi connectivity index (χ4n) is 3.33. The summed E-state index contributed by atoms with van der Waals surface area (Å²) in [5.41, 5.74) is 8.13. The lowest BCUT2D eigenvalue weighted by atomic mass is 9.66. The van der Waals surface area contributed by atoms with Gasteiger partial charge in [-0.15, -0.1) is 0 Å². The fraction of sp³-hybridized carbons (Fsp3) is 0.846. The maximum absolute atomic E-state index is 6.56. The molecule has 0 aromatic carbocycles. The van der Waals surface area contributed by atoms with Crippen molar-refractivity contribution in [2.75, 3.05) is 0 Å². The number of nitrogens with two attached hydrogens (primary N) is 1. The molecule has 80 valence electrons. The molecular weight excluding hydrogens is 170 g/mol. The van der Waals surface area contributed by atoms with Crippen LogP contribution in [0.25, 0.3) is 0 Å². The van der Waals surface area contributed by atoms with E-state index in [0.29, 0.717) is 5.92 Å². The van der Waals surface area contributed by atoms with Crippen LogP contribution in [0.2, 0.25) is 0 Å². The van der Waals surface area contributed by atoms with E-state index in [1.807, 2.05) is 0 Å². The summed E-state index contributed by atoms with van der Waals surface area (Å²) in [4.78, 5) is 0. The Morgan fingerprint density at radius 1 is 1.07 bits per heavy atom. The summed E-state index contributed by atoms with van der Waals surface area (Å²) in [6, 6.07) is 0. The molecule has 1 nitrogen and oxygen atoms in total. The van der Waals surface area contributed by atoms with Gasteiger partial charge in [0.25, 0.3) is 0 Å². The molecule has 1 heteroatoms. The van der Waals surface area contributed by atoms with Gasteiger partial charge in [0, 0.05) is 5.54 Å². The second kappa shape index (κ2) is 4.06. The molecule has 1 atom stereocenters. The minimum absolute atomic E-state index is 0.121. The zero-order valence-electron chi connectivity index (χ0n) is 9.23. The topological polar surface area (TPSA) is 26.0 Å². The smallest absolute Gasteiger partial charge is 0.0220 e. The van der Waals surface area contributed by atoms with Crippen molar-refractivity contribution in [2.45, 2.75) is 63.3 Å². The zero-order chi connectivity index (χ0) is 10.0. The first kappa shape index (κ1) is 10.2. The molecule has 0 bridgehead atoms. The Morgan fingerprint density at radius 2 is 1.79 bits per heavy atom. The van der Waals surface area contributed by atoms with Gasteiger partial charge in [-0.2, -0.15) is 0 Å². The van der Waals surface area contributed by atoms with Gasteiger partial charge in [-0.05, 0) is 38.0 Å². The van der Waals surface area contributed by atoms with Gasteiger partial charge in [0.15, 0.2) is 0 Å². The van der Waals surface area contributed by atoms with Crippen molar-refractivity contribution in [3.63, 3.8) is 0 Å². The van der Waals surface area contributed by atoms with E-state index in [9.17, 15) is 0 Å². The van der Waals surface area contributed by atoms with Crippen molar-refractivity contribution < 1.29 is 0 Å². The Kier molecular flexibility index (Phi) is 2.96. The van der Waals surface area contributed by atoms with Gasteiger partial charge in [-0.3, -0.25) is 0 Å². The Morgan fingerprint density at radius 3 is 2.43 bits per heavy atom. The van der Waals surface area contributed by atoms with Gasteiger partial charge in [0.05, 0.1) is 0 Å². The third kappa shape index (κ3) is 1.88. The highest BCUT2D eigenvalue weighted by Gasteiger charge is 2.37. The Hall–Kier alpha value is -0.300. The minimum Gasteiger partial charge on any atom is -0.325 e. The van der Waals surface area contributed by atoms with Crippen molar-refractivity contribution in [2.24, 2.45) is 11.7 Å². The molecule has 0 spiro atoms. The molecule has 2 aliphatic carbocycles. The molecule has 0 aliphatic heterocycles. The third-order valence-corrected chi connectivity index (χ3v) is 4.21. The molecule has 2 fully saturated rings. The molecule has 2 saturated carbocycles. The lowest BCUT2D eigenvalue weighted by molar-refractivity contribution is 0.195. The van der Waals surface area contributed by atoms with Crippen molar-refractivity contribution in [1.29, 1.82) is 0 Å². The van der Waals surface area contributed by atoms with Gasteiger partial charge < -0.3 is 5.73 Å². The second-order valence-electron chi connectivity index (χ2n) is 5.25. The number of rotatable bonds is 1. The van der Waals surface area contributed by atoms with Crippen molar-refractivity contribution in [1.82, 2.24) is 0 Å². The summed E-state index contributed by atoms with van der Waals surface area (Å²) in [5, 5.41) is 0. The number of hydrogen-bond donors (Lipinski definition) is 1. The highest BCUT2D eigenvalue weighted by Crippen LogP contribution is 2.41. The third-order valence-electron chi connectivity index (χ3n) is 4.21. The molecule has 2 N–H and O–H groups in total. The van der Waals surface area contributed by atoms with Crippen LogP contribution in [-0.4, -0.2) is 5.54 Å². The molecule has 1 unspecified atom stereocenters. The summed E-state index contributed by atoms with van der Waals surface area (Å²) in [5.74, 6) is 0.636. The zero-order valence-corrected chi connectivity index (χ0v) is 9.23. The molecule has 2 aliphatic rings. The van der Waals surface area contributed by atoms with Crippen LogP contribution in [0, 0.1) is 5.92 Å². The van der Waals surface area contributed by atoms with Crippen LogP contribution in [0.3, 0.4) is 0 Å². The van der Waals surface area contributed by atoms with E-state index in [4.69, 9.17) is 5.73 Å². The predicted octanol–water partition coefficient (Wildman–Crippen LogP) is 3.39. The maximum atomic E-state index is 6.56. The van der Waals surface area contributed by atoms with E-state index in [2.05, 4.69) is 6.58 Å². The fourth-order valence-corrected chi connectivity index (χ4v) is 3.33. The van der Waals surface area contributed by atoms with Crippen LogP contribution in [0.15, 0.2) is 12.2 Å². The van der Waals surface area contributed by atoms with Crippen molar-refractivity contribution in [3.8, 4) is 0 Å². The van der Waals surface area contributed by atoms with Gasteiger partial charge in [0.2, 0.25) is 0 Å². The SMILES string of the molecule is C=C1CCCCC1C1(N)CCCCC1. The first-order valence-electron chi connectivity index (χ1n) is 6.19. The van der Waals surface area contributed by atoms with Crippen LogP contribution < -0.4 is 5.73 Å². The largest absolute Gasteiger partial charge is 0.325 e. The normalized spacial score (nSPS) is 32.9.